The molecule has 1 aromatic heterocycles. The first-order valence-corrected chi connectivity index (χ1v) is 6.30. The van der Waals surface area contributed by atoms with Crippen molar-refractivity contribution >= 4 is 17.4 Å². The molecule has 108 valence electrons. The van der Waals surface area contributed by atoms with Crippen LogP contribution in [0.3, 0.4) is 0 Å². The number of hydrogen-bond acceptors (Lipinski definition) is 5. The molecule has 1 aromatic rings. The van der Waals surface area contributed by atoms with Gasteiger partial charge in [0.25, 0.3) is 11.6 Å². The number of aromatic nitrogens is 1. The number of carbonyl (C=O) groups excluding carboxylic acids is 1. The van der Waals surface area contributed by atoms with Crippen molar-refractivity contribution in [3.63, 3.8) is 0 Å². The Morgan fingerprint density at radius 2 is 1.95 bits per heavy atom. The normalized spacial score (nSPS) is 19.4. The van der Waals surface area contributed by atoms with E-state index in [9.17, 15) is 14.9 Å². The van der Waals surface area contributed by atoms with E-state index in [2.05, 4.69) is 38.0 Å². The minimum Gasteiger partial charge on any atom is -0.383 e. The summed E-state index contributed by atoms with van der Waals surface area (Å²) in [5, 5.41) is 13.6. The van der Waals surface area contributed by atoms with Crippen molar-refractivity contribution in [3.8, 4) is 0 Å². The number of hydrogen-bond donors (Lipinski definition) is 2. The Bertz CT molecular complexity index is 581. The summed E-state index contributed by atoms with van der Waals surface area (Å²) in [5.41, 5.74) is 5.37. The largest absolute Gasteiger partial charge is 0.383 e. The molecule has 0 saturated heterocycles. The molecule has 0 spiro atoms. The third-order valence-electron chi connectivity index (χ3n) is 4.66. The zero-order valence-corrected chi connectivity index (χ0v) is 11.9. The molecule has 1 heterocycles. The molecule has 0 radical (unpaired) electrons. The van der Waals surface area contributed by atoms with Gasteiger partial charge in [-0.2, -0.15) is 0 Å². The van der Waals surface area contributed by atoms with Crippen LogP contribution in [-0.4, -0.2) is 21.9 Å². The van der Waals surface area contributed by atoms with E-state index in [0.717, 1.165) is 12.3 Å². The summed E-state index contributed by atoms with van der Waals surface area (Å²) in [6.45, 7) is 8.25. The number of rotatable bonds is 3. The Balaban J connectivity index is 2.23. The van der Waals surface area contributed by atoms with Gasteiger partial charge in [-0.15, -0.1) is 0 Å². The molecule has 1 saturated carbocycles. The minimum atomic E-state index is -0.603. The average molecular weight is 278 g/mol. The fourth-order valence-electron chi connectivity index (χ4n) is 2.51. The van der Waals surface area contributed by atoms with Crippen LogP contribution in [0, 0.1) is 20.9 Å². The van der Waals surface area contributed by atoms with Gasteiger partial charge in [-0.3, -0.25) is 14.9 Å². The first kappa shape index (κ1) is 14.2. The number of nitrogens with one attached hydrogen (secondary N) is 1. The van der Waals surface area contributed by atoms with E-state index in [1.807, 2.05) is 0 Å². The maximum absolute atomic E-state index is 12.2. The molecule has 0 bridgehead atoms. The Labute approximate surface area is 116 Å². The molecular formula is C13H18N4O3. The molecular weight excluding hydrogens is 260 g/mol. The van der Waals surface area contributed by atoms with Crippen molar-refractivity contribution in [1.29, 1.82) is 0 Å². The molecule has 0 unspecified atom stereocenters. The molecule has 7 heteroatoms. The second kappa shape index (κ2) is 4.16. The Morgan fingerprint density at radius 3 is 2.40 bits per heavy atom. The van der Waals surface area contributed by atoms with Crippen LogP contribution in [-0.2, 0) is 0 Å². The first-order chi connectivity index (χ1) is 9.09. The standard InChI is InChI=1S/C13H18N4O3/c1-12(2)11(13(12,3)4)16-10(18)8-5-7(17(19)20)6-15-9(8)14/h5-6,11H,1-4H3,(H2,14,15)(H,16,18). The highest BCUT2D eigenvalue weighted by molar-refractivity contribution is 5.99. The highest BCUT2D eigenvalue weighted by Crippen LogP contribution is 2.62. The van der Waals surface area contributed by atoms with Gasteiger partial charge in [-0.05, 0) is 10.8 Å². The molecule has 0 atom stereocenters. The number of nitrogens with zero attached hydrogens (tertiary/aromatic N) is 2. The van der Waals surface area contributed by atoms with Crippen molar-refractivity contribution < 1.29 is 9.72 Å². The topological polar surface area (TPSA) is 111 Å². The monoisotopic (exact) mass is 278 g/mol. The zero-order chi connectivity index (χ0) is 15.3. The summed E-state index contributed by atoms with van der Waals surface area (Å²) in [4.78, 5) is 26.0. The second-order valence-corrected chi connectivity index (χ2v) is 6.23. The lowest BCUT2D eigenvalue weighted by molar-refractivity contribution is -0.385. The fraction of sp³-hybridized carbons (Fsp3) is 0.538. The van der Waals surface area contributed by atoms with Crippen molar-refractivity contribution in [3.05, 3.63) is 27.9 Å². The van der Waals surface area contributed by atoms with Crippen LogP contribution in [0.4, 0.5) is 11.5 Å². The number of anilines is 1. The van der Waals surface area contributed by atoms with E-state index in [4.69, 9.17) is 5.73 Å². The van der Waals surface area contributed by atoms with Crippen LogP contribution >= 0.6 is 0 Å². The lowest BCUT2D eigenvalue weighted by Gasteiger charge is -2.08. The van der Waals surface area contributed by atoms with E-state index in [-0.39, 0.29) is 33.9 Å². The predicted octanol–water partition coefficient (Wildman–Crippen LogP) is 1.74. The third kappa shape index (κ3) is 1.99. The molecule has 7 nitrogen and oxygen atoms in total. The van der Waals surface area contributed by atoms with Gasteiger partial charge in [0.05, 0.1) is 10.5 Å². The Morgan fingerprint density at radius 1 is 1.40 bits per heavy atom. The zero-order valence-electron chi connectivity index (χ0n) is 11.9. The van der Waals surface area contributed by atoms with E-state index >= 15 is 0 Å². The number of amides is 1. The molecule has 0 aliphatic heterocycles. The number of nitrogens with two attached hydrogens (primary N) is 1. The summed E-state index contributed by atoms with van der Waals surface area (Å²) in [6, 6.07) is 1.15. The van der Waals surface area contributed by atoms with Gasteiger partial charge in [0, 0.05) is 12.1 Å². The lowest BCUT2D eigenvalue weighted by Crippen LogP contribution is -2.30. The summed E-state index contributed by atoms with van der Waals surface area (Å²) in [6.07, 6.45) is 1.04. The van der Waals surface area contributed by atoms with Gasteiger partial charge < -0.3 is 11.1 Å². The molecule has 0 aromatic carbocycles. The van der Waals surface area contributed by atoms with E-state index in [1.54, 1.807) is 0 Å². The van der Waals surface area contributed by atoms with Gasteiger partial charge in [0.15, 0.2) is 0 Å². The molecule has 1 aliphatic rings. The van der Waals surface area contributed by atoms with Gasteiger partial charge in [-0.25, -0.2) is 4.98 Å². The van der Waals surface area contributed by atoms with Crippen LogP contribution in [0.15, 0.2) is 12.3 Å². The maximum Gasteiger partial charge on any atom is 0.288 e. The molecule has 2 rings (SSSR count). The van der Waals surface area contributed by atoms with Gasteiger partial charge in [0.2, 0.25) is 0 Å². The van der Waals surface area contributed by atoms with Crippen LogP contribution in [0.1, 0.15) is 38.1 Å². The number of nitro groups is 1. The number of nitrogen functional groups attached to an aromatic ring is 1. The molecule has 3 N–H and O–H groups in total. The molecule has 1 aliphatic carbocycles. The third-order valence-corrected chi connectivity index (χ3v) is 4.66. The summed E-state index contributed by atoms with van der Waals surface area (Å²) in [5.74, 6) is -0.438. The lowest BCUT2D eigenvalue weighted by atomic mass is 10.0. The minimum absolute atomic E-state index is 0.00108. The molecule has 1 fully saturated rings. The first-order valence-electron chi connectivity index (χ1n) is 6.30. The predicted molar refractivity (Wildman–Crippen MR) is 74.1 cm³/mol. The molecule has 20 heavy (non-hydrogen) atoms. The smallest absolute Gasteiger partial charge is 0.288 e. The van der Waals surface area contributed by atoms with Gasteiger partial charge in [-0.1, -0.05) is 27.7 Å². The van der Waals surface area contributed by atoms with Crippen molar-refractivity contribution in [2.24, 2.45) is 10.8 Å². The quantitative estimate of drug-likeness (QED) is 0.646. The summed E-state index contributed by atoms with van der Waals surface area (Å²) < 4.78 is 0. The average Bonchev–Trinajstić information content (AvgIpc) is 2.71. The van der Waals surface area contributed by atoms with Crippen LogP contribution < -0.4 is 11.1 Å². The fourth-order valence-corrected chi connectivity index (χ4v) is 2.51. The van der Waals surface area contributed by atoms with Crippen molar-refractivity contribution in [2.45, 2.75) is 33.7 Å². The summed E-state index contributed by atoms with van der Waals surface area (Å²) >= 11 is 0. The van der Waals surface area contributed by atoms with Gasteiger partial charge >= 0.3 is 0 Å². The number of pyridine rings is 1. The maximum atomic E-state index is 12.2. The van der Waals surface area contributed by atoms with Crippen molar-refractivity contribution in [2.75, 3.05) is 5.73 Å². The van der Waals surface area contributed by atoms with Crippen LogP contribution in [0.2, 0.25) is 0 Å². The Kier molecular flexibility index (Phi) is 2.96. The van der Waals surface area contributed by atoms with E-state index < -0.39 is 10.8 Å². The SMILES string of the molecule is CC1(C)C(NC(=O)c2cc([N+](=O)[O-])cnc2N)C1(C)C. The van der Waals surface area contributed by atoms with E-state index in [1.165, 1.54) is 0 Å². The highest BCUT2D eigenvalue weighted by Gasteiger charge is 2.65. The number of carbonyl (C=O) groups is 1. The van der Waals surface area contributed by atoms with Crippen LogP contribution in [0.5, 0.6) is 0 Å². The highest BCUT2D eigenvalue weighted by atomic mass is 16.6. The van der Waals surface area contributed by atoms with Crippen molar-refractivity contribution in [1.82, 2.24) is 10.3 Å². The summed E-state index contributed by atoms with van der Waals surface area (Å²) in [7, 11) is 0. The Hall–Kier alpha value is -2.18. The van der Waals surface area contributed by atoms with Crippen LogP contribution in [0.25, 0.3) is 0 Å². The van der Waals surface area contributed by atoms with E-state index in [0.29, 0.717) is 0 Å². The molecule has 1 amide bonds. The van der Waals surface area contributed by atoms with Gasteiger partial charge in [0.1, 0.15) is 12.0 Å². The second-order valence-electron chi connectivity index (χ2n) is 6.23.